The number of carbonyl (C=O) groups is 2. The van der Waals surface area contributed by atoms with Crippen LogP contribution in [0.1, 0.15) is 37.7 Å². The number of benzene rings is 2. The van der Waals surface area contributed by atoms with Gasteiger partial charge >= 0.3 is 0 Å². The monoisotopic (exact) mass is 392 g/mol. The zero-order chi connectivity index (χ0) is 19.3. The van der Waals surface area contributed by atoms with E-state index >= 15 is 0 Å². The van der Waals surface area contributed by atoms with E-state index in [9.17, 15) is 9.59 Å². The van der Waals surface area contributed by atoms with Crippen LogP contribution >= 0.6 is 11.8 Å². The number of anilines is 1. The van der Waals surface area contributed by atoms with E-state index in [2.05, 4.69) is 5.32 Å². The SMILES string of the molecule is O=C(CN1C(=O)/C(=C/c2ccccc2)Sc2ccccc21)NC1CCCCC1. The Morgan fingerprint density at radius 2 is 1.75 bits per heavy atom. The fraction of sp³-hybridized carbons (Fsp3) is 0.304. The lowest BCUT2D eigenvalue weighted by Gasteiger charge is -2.31. The van der Waals surface area contributed by atoms with E-state index < -0.39 is 0 Å². The number of rotatable bonds is 4. The van der Waals surface area contributed by atoms with E-state index in [-0.39, 0.29) is 24.4 Å². The predicted octanol–water partition coefficient (Wildman–Crippen LogP) is 4.62. The largest absolute Gasteiger partial charge is 0.352 e. The summed E-state index contributed by atoms with van der Waals surface area (Å²) in [7, 11) is 0. The number of thioether (sulfide) groups is 1. The van der Waals surface area contributed by atoms with E-state index in [1.807, 2.05) is 60.7 Å². The molecule has 0 bridgehead atoms. The highest BCUT2D eigenvalue weighted by atomic mass is 32.2. The molecule has 2 aliphatic rings. The third-order valence-corrected chi connectivity index (χ3v) is 6.28. The summed E-state index contributed by atoms with van der Waals surface area (Å²) in [4.78, 5) is 29.1. The van der Waals surface area contributed by atoms with Crippen molar-refractivity contribution in [3.8, 4) is 0 Å². The zero-order valence-electron chi connectivity index (χ0n) is 15.8. The number of nitrogens with zero attached hydrogens (tertiary/aromatic N) is 1. The fourth-order valence-electron chi connectivity index (χ4n) is 3.78. The molecule has 1 aliphatic carbocycles. The molecule has 1 saturated carbocycles. The van der Waals surface area contributed by atoms with E-state index in [1.54, 1.807) is 4.90 Å². The number of nitrogens with one attached hydrogen (secondary N) is 1. The predicted molar refractivity (Wildman–Crippen MR) is 114 cm³/mol. The summed E-state index contributed by atoms with van der Waals surface area (Å²) in [6, 6.07) is 17.8. The number of fused-ring (bicyclic) bond motifs is 1. The van der Waals surface area contributed by atoms with Crippen molar-refractivity contribution in [2.45, 2.75) is 43.0 Å². The summed E-state index contributed by atoms with van der Waals surface area (Å²) in [6.45, 7) is 0.0546. The first-order chi connectivity index (χ1) is 13.7. The van der Waals surface area contributed by atoms with Gasteiger partial charge in [-0.25, -0.2) is 0 Å². The summed E-state index contributed by atoms with van der Waals surface area (Å²) in [6.07, 6.45) is 7.54. The maximum absolute atomic E-state index is 13.2. The van der Waals surface area contributed by atoms with Crippen LogP contribution in [0.4, 0.5) is 5.69 Å². The van der Waals surface area contributed by atoms with Crippen LogP contribution in [0.25, 0.3) is 6.08 Å². The van der Waals surface area contributed by atoms with E-state index in [4.69, 9.17) is 0 Å². The third-order valence-electron chi connectivity index (χ3n) is 5.20. The molecule has 5 heteroatoms. The van der Waals surface area contributed by atoms with E-state index in [0.717, 1.165) is 41.8 Å². The van der Waals surface area contributed by atoms with Crippen LogP contribution in [0.2, 0.25) is 0 Å². The van der Waals surface area contributed by atoms with E-state index in [1.165, 1.54) is 18.2 Å². The number of hydrogen-bond acceptors (Lipinski definition) is 3. The van der Waals surface area contributed by atoms with Crippen LogP contribution in [0.5, 0.6) is 0 Å². The molecule has 0 radical (unpaired) electrons. The maximum Gasteiger partial charge on any atom is 0.265 e. The minimum atomic E-state index is -0.119. The van der Waals surface area contributed by atoms with Crippen LogP contribution in [0.3, 0.4) is 0 Å². The van der Waals surface area contributed by atoms with Gasteiger partial charge in [-0.05, 0) is 36.6 Å². The molecule has 2 amide bonds. The first-order valence-corrected chi connectivity index (χ1v) is 10.7. The molecule has 1 heterocycles. The van der Waals surface area contributed by atoms with Crippen LogP contribution in [0.15, 0.2) is 64.4 Å². The van der Waals surface area contributed by atoms with Crippen LogP contribution in [-0.4, -0.2) is 24.4 Å². The summed E-state index contributed by atoms with van der Waals surface area (Å²) < 4.78 is 0. The second-order valence-corrected chi connectivity index (χ2v) is 8.37. The molecule has 0 atom stereocenters. The Balaban J connectivity index is 1.56. The lowest BCUT2D eigenvalue weighted by atomic mass is 9.95. The van der Waals surface area contributed by atoms with Gasteiger partial charge < -0.3 is 5.32 Å². The van der Waals surface area contributed by atoms with Gasteiger partial charge in [-0.2, -0.15) is 0 Å². The summed E-state index contributed by atoms with van der Waals surface area (Å²) in [5, 5.41) is 3.12. The van der Waals surface area contributed by atoms with Crippen molar-refractivity contribution in [2.75, 3.05) is 11.4 Å². The lowest BCUT2D eigenvalue weighted by Crippen LogP contribution is -2.46. The Labute approximate surface area is 170 Å². The number of para-hydroxylation sites is 1. The molecule has 2 aromatic carbocycles. The lowest BCUT2D eigenvalue weighted by molar-refractivity contribution is -0.123. The van der Waals surface area contributed by atoms with Gasteiger partial charge in [-0.15, -0.1) is 0 Å². The third kappa shape index (κ3) is 4.30. The maximum atomic E-state index is 13.2. The quantitative estimate of drug-likeness (QED) is 0.773. The summed E-state index contributed by atoms with van der Waals surface area (Å²) in [5.74, 6) is -0.202. The van der Waals surface area contributed by atoms with Crippen molar-refractivity contribution in [1.82, 2.24) is 5.32 Å². The average Bonchev–Trinajstić information content (AvgIpc) is 2.72. The topological polar surface area (TPSA) is 49.4 Å². The number of carbonyl (C=O) groups excluding carboxylic acids is 2. The van der Waals surface area contributed by atoms with Crippen molar-refractivity contribution >= 4 is 35.3 Å². The number of amides is 2. The standard InChI is InChI=1S/C23H24N2O2S/c26-22(24-18-11-5-2-6-12-18)16-25-19-13-7-8-14-20(19)28-21(23(25)27)15-17-9-3-1-4-10-17/h1,3-4,7-10,13-15,18H,2,5-6,11-12,16H2,(H,24,26)/b21-15-. The highest BCUT2D eigenvalue weighted by Gasteiger charge is 2.31. The molecule has 1 aliphatic heterocycles. The van der Waals surface area contributed by atoms with Crippen molar-refractivity contribution in [2.24, 2.45) is 0 Å². The molecule has 2 aromatic rings. The molecule has 0 unspecified atom stereocenters. The van der Waals surface area contributed by atoms with Gasteiger partial charge in [0.1, 0.15) is 6.54 Å². The van der Waals surface area contributed by atoms with Gasteiger partial charge in [0, 0.05) is 10.9 Å². The van der Waals surface area contributed by atoms with Crippen LogP contribution in [0, 0.1) is 0 Å². The Kier molecular flexibility index (Phi) is 5.81. The van der Waals surface area contributed by atoms with Gasteiger partial charge in [0.25, 0.3) is 5.91 Å². The fourth-order valence-corrected chi connectivity index (χ4v) is 4.84. The highest BCUT2D eigenvalue weighted by Crippen LogP contribution is 2.41. The molecule has 0 spiro atoms. The van der Waals surface area contributed by atoms with Gasteiger partial charge in [0.15, 0.2) is 0 Å². The van der Waals surface area contributed by atoms with Gasteiger partial charge in [-0.1, -0.05) is 73.5 Å². The molecule has 1 N–H and O–H groups in total. The van der Waals surface area contributed by atoms with Crippen molar-refractivity contribution in [3.05, 3.63) is 65.1 Å². The second kappa shape index (κ2) is 8.65. The molecule has 4 rings (SSSR count). The summed E-state index contributed by atoms with van der Waals surface area (Å²) >= 11 is 1.46. The van der Waals surface area contributed by atoms with Gasteiger partial charge in [0.05, 0.1) is 10.6 Å². The highest BCUT2D eigenvalue weighted by molar-refractivity contribution is 8.04. The van der Waals surface area contributed by atoms with Gasteiger partial charge in [-0.3, -0.25) is 14.5 Å². The Morgan fingerprint density at radius 3 is 2.54 bits per heavy atom. The molecule has 1 fully saturated rings. The molecular weight excluding hydrogens is 368 g/mol. The molecular formula is C23H24N2O2S. The number of hydrogen-bond donors (Lipinski definition) is 1. The molecule has 144 valence electrons. The van der Waals surface area contributed by atoms with Crippen molar-refractivity contribution in [1.29, 1.82) is 0 Å². The van der Waals surface area contributed by atoms with Crippen molar-refractivity contribution < 1.29 is 9.59 Å². The smallest absolute Gasteiger partial charge is 0.265 e. The minimum Gasteiger partial charge on any atom is -0.352 e. The summed E-state index contributed by atoms with van der Waals surface area (Å²) in [5.41, 5.74) is 1.78. The molecule has 28 heavy (non-hydrogen) atoms. The van der Waals surface area contributed by atoms with E-state index in [0.29, 0.717) is 4.91 Å². The minimum absolute atomic E-state index is 0.0546. The molecule has 0 aromatic heterocycles. The molecule has 4 nitrogen and oxygen atoms in total. The first kappa shape index (κ1) is 18.8. The average molecular weight is 393 g/mol. The van der Waals surface area contributed by atoms with Crippen LogP contribution < -0.4 is 10.2 Å². The molecule has 0 saturated heterocycles. The first-order valence-electron chi connectivity index (χ1n) is 9.85. The van der Waals surface area contributed by atoms with Gasteiger partial charge in [0.2, 0.25) is 5.91 Å². The Morgan fingerprint density at radius 1 is 1.04 bits per heavy atom. The normalized spacial score (nSPS) is 18.8. The second-order valence-electron chi connectivity index (χ2n) is 7.28. The van der Waals surface area contributed by atoms with Crippen molar-refractivity contribution in [3.63, 3.8) is 0 Å². The zero-order valence-corrected chi connectivity index (χ0v) is 16.6. The Hall–Kier alpha value is -2.53. The Bertz CT molecular complexity index is 888. The van der Waals surface area contributed by atoms with Crippen LogP contribution in [-0.2, 0) is 9.59 Å².